The molecule has 1 rings (SSSR count). The van der Waals surface area contributed by atoms with Crippen LogP contribution < -0.4 is 15.4 Å². The van der Waals surface area contributed by atoms with Gasteiger partial charge in [0.15, 0.2) is 6.61 Å². The molecule has 0 fully saturated rings. The lowest BCUT2D eigenvalue weighted by Gasteiger charge is -2.18. The average molecular weight is 296 g/mol. The van der Waals surface area contributed by atoms with Gasteiger partial charge in [-0.25, -0.2) is 4.39 Å². The molecule has 0 aromatic heterocycles. The Morgan fingerprint density at radius 1 is 1.33 bits per heavy atom. The fourth-order valence-electron chi connectivity index (χ4n) is 2.05. The molecule has 118 valence electrons. The minimum Gasteiger partial charge on any atom is -0.483 e. The van der Waals surface area contributed by atoms with Gasteiger partial charge in [0.2, 0.25) is 0 Å². The van der Waals surface area contributed by atoms with Gasteiger partial charge in [0.1, 0.15) is 11.6 Å². The summed E-state index contributed by atoms with van der Waals surface area (Å²) in [5, 5.41) is 5.97. The van der Waals surface area contributed by atoms with Gasteiger partial charge in [0, 0.05) is 23.7 Å². The SMILES string of the molecule is CCC(CC)NC(=O)COc1cc(F)ccc1C(C)NC. The first kappa shape index (κ1) is 17.4. The van der Waals surface area contributed by atoms with Gasteiger partial charge in [-0.2, -0.15) is 0 Å². The van der Waals surface area contributed by atoms with Gasteiger partial charge in [-0.05, 0) is 32.9 Å². The molecule has 1 unspecified atom stereocenters. The highest BCUT2D eigenvalue weighted by Gasteiger charge is 2.14. The average Bonchev–Trinajstić information content (AvgIpc) is 2.49. The molecular formula is C16H25FN2O2. The third-order valence-electron chi connectivity index (χ3n) is 3.58. The number of hydrogen-bond donors (Lipinski definition) is 2. The van der Waals surface area contributed by atoms with Crippen molar-refractivity contribution in [2.75, 3.05) is 13.7 Å². The third-order valence-corrected chi connectivity index (χ3v) is 3.58. The van der Waals surface area contributed by atoms with Crippen molar-refractivity contribution in [2.24, 2.45) is 0 Å². The van der Waals surface area contributed by atoms with Gasteiger partial charge < -0.3 is 15.4 Å². The molecule has 2 N–H and O–H groups in total. The van der Waals surface area contributed by atoms with Crippen LogP contribution in [0.15, 0.2) is 18.2 Å². The smallest absolute Gasteiger partial charge is 0.258 e. The van der Waals surface area contributed by atoms with Gasteiger partial charge >= 0.3 is 0 Å². The minimum absolute atomic E-state index is 0.0164. The Bertz CT molecular complexity index is 462. The highest BCUT2D eigenvalue weighted by Crippen LogP contribution is 2.25. The van der Waals surface area contributed by atoms with Crippen molar-refractivity contribution in [2.45, 2.75) is 45.7 Å². The zero-order valence-corrected chi connectivity index (χ0v) is 13.2. The summed E-state index contributed by atoms with van der Waals surface area (Å²) in [5.74, 6) is -0.162. The first-order valence-electron chi connectivity index (χ1n) is 7.40. The van der Waals surface area contributed by atoms with E-state index in [9.17, 15) is 9.18 Å². The third kappa shape index (κ3) is 5.34. The van der Waals surface area contributed by atoms with E-state index in [-0.39, 0.29) is 30.4 Å². The highest BCUT2D eigenvalue weighted by molar-refractivity contribution is 5.77. The van der Waals surface area contributed by atoms with Gasteiger partial charge in [-0.1, -0.05) is 19.9 Å². The van der Waals surface area contributed by atoms with Crippen LogP contribution in [0.5, 0.6) is 5.75 Å². The Hall–Kier alpha value is -1.62. The van der Waals surface area contributed by atoms with E-state index in [1.807, 2.05) is 27.8 Å². The summed E-state index contributed by atoms with van der Waals surface area (Å²) in [4.78, 5) is 11.8. The first-order chi connectivity index (χ1) is 10.0. The van der Waals surface area contributed by atoms with Crippen molar-refractivity contribution >= 4 is 5.91 Å². The standard InChI is InChI=1S/C16H25FN2O2/c1-5-13(6-2)19-16(20)10-21-15-9-12(17)7-8-14(15)11(3)18-4/h7-9,11,13,18H,5-6,10H2,1-4H3,(H,19,20). The van der Waals surface area contributed by atoms with Crippen molar-refractivity contribution in [3.8, 4) is 5.75 Å². The fourth-order valence-corrected chi connectivity index (χ4v) is 2.05. The Morgan fingerprint density at radius 3 is 2.57 bits per heavy atom. The number of carbonyl (C=O) groups excluding carboxylic acids is 1. The second-order valence-electron chi connectivity index (χ2n) is 5.06. The minimum atomic E-state index is -0.377. The lowest BCUT2D eigenvalue weighted by Crippen LogP contribution is -2.37. The second-order valence-corrected chi connectivity index (χ2v) is 5.06. The number of rotatable bonds is 8. The number of amides is 1. The maximum atomic E-state index is 13.4. The van der Waals surface area contributed by atoms with E-state index >= 15 is 0 Å². The number of carbonyl (C=O) groups is 1. The molecule has 0 bridgehead atoms. The maximum Gasteiger partial charge on any atom is 0.258 e. The molecule has 0 aliphatic carbocycles. The number of benzene rings is 1. The molecule has 1 atom stereocenters. The Labute approximate surface area is 126 Å². The van der Waals surface area contributed by atoms with E-state index in [1.165, 1.54) is 12.1 Å². The van der Waals surface area contributed by atoms with Gasteiger partial charge in [0.05, 0.1) is 0 Å². The van der Waals surface area contributed by atoms with Crippen LogP contribution in [0.2, 0.25) is 0 Å². The molecule has 0 radical (unpaired) electrons. The molecule has 0 aliphatic heterocycles. The van der Waals surface area contributed by atoms with Crippen molar-refractivity contribution in [3.05, 3.63) is 29.6 Å². The van der Waals surface area contributed by atoms with Crippen LogP contribution in [0.3, 0.4) is 0 Å². The van der Waals surface area contributed by atoms with Crippen LogP contribution in [0.1, 0.15) is 45.2 Å². The molecule has 21 heavy (non-hydrogen) atoms. The van der Waals surface area contributed by atoms with Crippen LogP contribution in [0.25, 0.3) is 0 Å². The first-order valence-corrected chi connectivity index (χ1v) is 7.40. The summed E-state index contributed by atoms with van der Waals surface area (Å²) >= 11 is 0. The zero-order chi connectivity index (χ0) is 15.8. The summed E-state index contributed by atoms with van der Waals surface area (Å²) in [7, 11) is 1.82. The lowest BCUT2D eigenvalue weighted by molar-refractivity contribution is -0.123. The number of hydrogen-bond acceptors (Lipinski definition) is 3. The van der Waals surface area contributed by atoms with Crippen LogP contribution in [-0.4, -0.2) is 25.6 Å². The summed E-state index contributed by atoms with van der Waals surface area (Å²) in [6.07, 6.45) is 1.76. The van der Waals surface area contributed by atoms with Crippen molar-refractivity contribution < 1.29 is 13.9 Å². The molecular weight excluding hydrogens is 271 g/mol. The fraction of sp³-hybridized carbons (Fsp3) is 0.562. The molecule has 1 aromatic carbocycles. The van der Waals surface area contributed by atoms with Gasteiger partial charge in [-0.15, -0.1) is 0 Å². The van der Waals surface area contributed by atoms with Gasteiger partial charge in [0.25, 0.3) is 5.91 Å². The summed E-state index contributed by atoms with van der Waals surface area (Å²) in [5.41, 5.74) is 0.828. The molecule has 0 heterocycles. The summed E-state index contributed by atoms with van der Waals surface area (Å²) < 4.78 is 18.9. The Morgan fingerprint density at radius 2 is 2.00 bits per heavy atom. The molecule has 0 saturated carbocycles. The monoisotopic (exact) mass is 296 g/mol. The van der Waals surface area contributed by atoms with Crippen LogP contribution in [0.4, 0.5) is 4.39 Å². The topological polar surface area (TPSA) is 50.4 Å². The Kier molecular flexibility index (Phi) is 7.15. The molecule has 1 amide bonds. The number of nitrogens with one attached hydrogen (secondary N) is 2. The van der Waals surface area contributed by atoms with Crippen LogP contribution in [0, 0.1) is 5.82 Å². The predicted molar refractivity (Wildman–Crippen MR) is 81.9 cm³/mol. The zero-order valence-electron chi connectivity index (χ0n) is 13.2. The second kappa shape index (κ2) is 8.62. The van der Waals surface area contributed by atoms with E-state index in [2.05, 4.69) is 10.6 Å². The normalized spacial score (nSPS) is 12.3. The molecule has 4 nitrogen and oxygen atoms in total. The maximum absolute atomic E-state index is 13.4. The number of ether oxygens (including phenoxy) is 1. The summed E-state index contributed by atoms with van der Waals surface area (Å²) in [6.45, 7) is 5.89. The molecule has 0 saturated heterocycles. The largest absolute Gasteiger partial charge is 0.483 e. The van der Waals surface area contributed by atoms with Gasteiger partial charge in [-0.3, -0.25) is 4.79 Å². The highest BCUT2D eigenvalue weighted by atomic mass is 19.1. The molecule has 1 aromatic rings. The number of halogens is 1. The lowest BCUT2D eigenvalue weighted by atomic mass is 10.1. The quantitative estimate of drug-likeness (QED) is 0.775. The summed E-state index contributed by atoms with van der Waals surface area (Å²) in [6, 6.07) is 4.55. The van der Waals surface area contributed by atoms with E-state index < -0.39 is 0 Å². The van der Waals surface area contributed by atoms with Crippen molar-refractivity contribution in [1.82, 2.24) is 10.6 Å². The van der Waals surface area contributed by atoms with Crippen molar-refractivity contribution in [1.29, 1.82) is 0 Å². The molecule has 0 spiro atoms. The Balaban J connectivity index is 2.70. The predicted octanol–water partition coefficient (Wildman–Crippen LogP) is 2.79. The van der Waals surface area contributed by atoms with Crippen LogP contribution in [-0.2, 0) is 4.79 Å². The van der Waals surface area contributed by atoms with Crippen LogP contribution >= 0.6 is 0 Å². The van der Waals surface area contributed by atoms with E-state index in [0.717, 1.165) is 18.4 Å². The van der Waals surface area contributed by atoms with Crippen molar-refractivity contribution in [3.63, 3.8) is 0 Å². The van der Waals surface area contributed by atoms with E-state index in [1.54, 1.807) is 6.07 Å². The van der Waals surface area contributed by atoms with E-state index in [0.29, 0.717) is 5.75 Å². The van der Waals surface area contributed by atoms with E-state index in [4.69, 9.17) is 4.74 Å². The molecule has 0 aliphatic rings. The molecule has 5 heteroatoms.